The van der Waals surface area contributed by atoms with E-state index < -0.39 is 0 Å². The molecule has 0 saturated heterocycles. The van der Waals surface area contributed by atoms with Crippen molar-refractivity contribution in [2.45, 2.75) is 12.8 Å². The fourth-order valence-electron chi connectivity index (χ4n) is 6.61. The van der Waals surface area contributed by atoms with Gasteiger partial charge in [-0.1, -0.05) is 72.8 Å². The summed E-state index contributed by atoms with van der Waals surface area (Å²) in [7, 11) is 0. The summed E-state index contributed by atoms with van der Waals surface area (Å²) in [5.74, 6) is 0. The lowest BCUT2D eigenvalue weighted by Gasteiger charge is -2.25. The van der Waals surface area contributed by atoms with Crippen LogP contribution in [0.4, 0.5) is 0 Å². The van der Waals surface area contributed by atoms with Gasteiger partial charge in [-0.25, -0.2) is 0 Å². The van der Waals surface area contributed by atoms with Gasteiger partial charge in [-0.05, 0) is 81.6 Å². The van der Waals surface area contributed by atoms with Gasteiger partial charge in [0.05, 0.1) is 0 Å². The first-order chi connectivity index (χ1) is 21.2. The molecule has 5 aromatic rings. The smallest absolute Gasteiger partial charge is 0.0355 e. The first kappa shape index (κ1) is 28.2. The molecule has 2 aliphatic heterocycles. The Bertz CT molecular complexity index is 1660. The quantitative estimate of drug-likeness (QED) is 0.199. The highest BCUT2D eigenvalue weighted by Crippen LogP contribution is 2.39. The average Bonchev–Trinajstić information content (AvgIpc) is 3.43. The molecule has 3 heterocycles. The van der Waals surface area contributed by atoms with Crippen LogP contribution in [0.3, 0.4) is 0 Å². The Kier molecular flexibility index (Phi) is 8.25. The van der Waals surface area contributed by atoms with Gasteiger partial charge in [0, 0.05) is 72.5 Å². The molecule has 4 aromatic carbocycles. The van der Waals surface area contributed by atoms with Crippen molar-refractivity contribution in [2.75, 3.05) is 52.4 Å². The Balaban J connectivity index is 1.13. The maximum absolute atomic E-state index is 5.74. The van der Waals surface area contributed by atoms with Gasteiger partial charge in [0.2, 0.25) is 0 Å². The molecule has 7 rings (SSSR count). The molecule has 0 bridgehead atoms. The number of nitrogens with zero attached hydrogens (tertiary/aromatic N) is 2. The van der Waals surface area contributed by atoms with Gasteiger partial charge in [0.15, 0.2) is 0 Å². The molecular formula is C38H40N4S. The van der Waals surface area contributed by atoms with Crippen LogP contribution < -0.4 is 11.5 Å². The maximum Gasteiger partial charge on any atom is 0.0355 e. The van der Waals surface area contributed by atoms with Crippen LogP contribution in [0.1, 0.15) is 24.0 Å². The zero-order chi connectivity index (χ0) is 29.2. The molecule has 0 saturated carbocycles. The van der Waals surface area contributed by atoms with E-state index in [4.69, 9.17) is 11.5 Å². The first-order valence-corrected chi connectivity index (χ1v) is 16.4. The van der Waals surface area contributed by atoms with Gasteiger partial charge in [0.1, 0.15) is 0 Å². The normalized spacial score (nSPS) is 16.5. The van der Waals surface area contributed by atoms with Crippen LogP contribution in [0.2, 0.25) is 0 Å². The molecule has 2 aliphatic rings. The lowest BCUT2D eigenvalue weighted by atomic mass is 9.95. The van der Waals surface area contributed by atoms with Gasteiger partial charge >= 0.3 is 0 Å². The second-order valence-electron chi connectivity index (χ2n) is 11.8. The summed E-state index contributed by atoms with van der Waals surface area (Å²) in [5.41, 5.74) is 22.1. The zero-order valence-corrected chi connectivity index (χ0v) is 25.6. The number of benzene rings is 4. The Morgan fingerprint density at radius 2 is 0.907 bits per heavy atom. The van der Waals surface area contributed by atoms with E-state index in [2.05, 4.69) is 107 Å². The number of fused-ring (bicyclic) bond motifs is 3. The molecule has 0 spiro atoms. The Morgan fingerprint density at radius 1 is 0.512 bits per heavy atom. The molecule has 0 atom stereocenters. The summed E-state index contributed by atoms with van der Waals surface area (Å²) in [5, 5.41) is 2.67. The van der Waals surface area contributed by atoms with E-state index >= 15 is 0 Å². The lowest BCUT2D eigenvalue weighted by Crippen LogP contribution is -2.33. The fraction of sp³-hybridized carbons (Fsp3) is 0.263. The molecule has 0 amide bonds. The number of rotatable bonds is 8. The van der Waals surface area contributed by atoms with Crippen LogP contribution >= 0.6 is 11.3 Å². The van der Waals surface area contributed by atoms with Crippen LogP contribution in [0.25, 0.3) is 53.6 Å². The predicted molar refractivity (Wildman–Crippen MR) is 186 cm³/mol. The SMILES string of the molecule is NCCN1CC=C(c2ccc(-c3ccc4sc5ccc(-c6ccc(C7=CCN(CCN)CC7)cc6)cc5c4c3)cc2)CC1. The summed E-state index contributed by atoms with van der Waals surface area (Å²) in [4.78, 5) is 4.84. The van der Waals surface area contributed by atoms with Gasteiger partial charge in [-0.2, -0.15) is 0 Å². The van der Waals surface area contributed by atoms with Crippen molar-refractivity contribution in [3.05, 3.63) is 108 Å². The first-order valence-electron chi connectivity index (χ1n) is 15.6. The van der Waals surface area contributed by atoms with E-state index in [1.165, 1.54) is 64.7 Å². The van der Waals surface area contributed by atoms with Gasteiger partial charge in [0.25, 0.3) is 0 Å². The van der Waals surface area contributed by atoms with Crippen molar-refractivity contribution < 1.29 is 0 Å². The van der Waals surface area contributed by atoms with Crippen LogP contribution in [0, 0.1) is 0 Å². The largest absolute Gasteiger partial charge is 0.329 e. The molecule has 5 heteroatoms. The van der Waals surface area contributed by atoms with Crippen molar-refractivity contribution in [3.8, 4) is 22.3 Å². The summed E-state index contributed by atoms with van der Waals surface area (Å²) in [6.07, 6.45) is 6.91. The van der Waals surface area contributed by atoms with Crippen LogP contribution in [0.5, 0.6) is 0 Å². The summed E-state index contributed by atoms with van der Waals surface area (Å²) >= 11 is 1.88. The van der Waals surface area contributed by atoms with Crippen molar-refractivity contribution in [2.24, 2.45) is 11.5 Å². The van der Waals surface area contributed by atoms with Gasteiger partial charge in [-0.15, -0.1) is 11.3 Å². The standard InChI is InChI=1S/C38H40N4S/c39-17-23-41-19-13-31(14-20-41)27-1-5-29(6-2-27)33-9-11-37-35(25-33)36-26-34(10-12-38(36)43-37)30-7-3-28(4-8-30)32-15-21-42(22-16-32)24-18-40/h1-13,15,25-26H,14,16-24,39-40H2. The minimum absolute atomic E-state index is 0.726. The number of nitrogens with two attached hydrogens (primary N) is 2. The topological polar surface area (TPSA) is 58.5 Å². The molecule has 4 nitrogen and oxygen atoms in total. The third-order valence-electron chi connectivity index (χ3n) is 9.12. The highest BCUT2D eigenvalue weighted by molar-refractivity contribution is 7.25. The zero-order valence-electron chi connectivity index (χ0n) is 24.8. The third kappa shape index (κ3) is 5.97. The average molecular weight is 585 g/mol. The van der Waals surface area contributed by atoms with E-state index in [1.807, 2.05) is 11.3 Å². The number of hydrogen-bond acceptors (Lipinski definition) is 5. The van der Waals surface area contributed by atoms with Crippen LogP contribution in [-0.2, 0) is 0 Å². The Hall–Kier alpha value is -3.58. The predicted octanol–water partition coefficient (Wildman–Crippen LogP) is 7.48. The van der Waals surface area contributed by atoms with Crippen molar-refractivity contribution in [1.29, 1.82) is 0 Å². The van der Waals surface area contributed by atoms with Crippen LogP contribution in [-0.4, -0.2) is 62.2 Å². The van der Waals surface area contributed by atoms with Crippen molar-refractivity contribution >= 4 is 42.7 Å². The Morgan fingerprint density at radius 3 is 1.28 bits per heavy atom. The summed E-state index contributed by atoms with van der Waals surface area (Å²) < 4.78 is 2.68. The molecule has 218 valence electrons. The van der Waals surface area contributed by atoms with Crippen molar-refractivity contribution in [3.63, 3.8) is 0 Å². The molecule has 0 aliphatic carbocycles. The monoisotopic (exact) mass is 584 g/mol. The minimum Gasteiger partial charge on any atom is -0.329 e. The maximum atomic E-state index is 5.74. The molecule has 0 fully saturated rings. The highest BCUT2D eigenvalue weighted by atomic mass is 32.1. The fourth-order valence-corrected chi connectivity index (χ4v) is 7.67. The molecule has 4 N–H and O–H groups in total. The highest BCUT2D eigenvalue weighted by Gasteiger charge is 2.15. The summed E-state index contributed by atoms with van der Waals surface area (Å²) in [6.45, 7) is 7.57. The van der Waals surface area contributed by atoms with Gasteiger partial charge in [-0.3, -0.25) is 9.80 Å². The Labute approximate surface area is 258 Å². The molecule has 0 unspecified atom stereocenters. The van der Waals surface area contributed by atoms with Crippen molar-refractivity contribution in [1.82, 2.24) is 9.80 Å². The lowest BCUT2D eigenvalue weighted by molar-refractivity contribution is 0.310. The van der Waals surface area contributed by atoms with Gasteiger partial charge < -0.3 is 11.5 Å². The molecule has 43 heavy (non-hydrogen) atoms. The van der Waals surface area contributed by atoms with E-state index in [1.54, 1.807) is 0 Å². The van der Waals surface area contributed by atoms with E-state index in [9.17, 15) is 0 Å². The van der Waals surface area contributed by atoms with E-state index in [0.29, 0.717) is 0 Å². The second-order valence-corrected chi connectivity index (χ2v) is 12.9. The molecule has 0 radical (unpaired) electrons. The van der Waals surface area contributed by atoms with E-state index in [-0.39, 0.29) is 0 Å². The third-order valence-corrected chi connectivity index (χ3v) is 10.3. The van der Waals surface area contributed by atoms with Crippen LogP contribution in [0.15, 0.2) is 97.1 Å². The summed E-state index contributed by atoms with van der Waals surface area (Å²) in [6, 6.07) is 32.2. The number of thiophene rings is 1. The minimum atomic E-state index is 0.726. The number of hydrogen-bond donors (Lipinski definition) is 2. The molecular weight excluding hydrogens is 545 g/mol. The second kappa shape index (κ2) is 12.6. The molecule has 1 aromatic heterocycles. The van der Waals surface area contributed by atoms with E-state index in [0.717, 1.165) is 65.2 Å².